The van der Waals surface area contributed by atoms with Gasteiger partial charge in [0.25, 0.3) is 0 Å². The van der Waals surface area contributed by atoms with Gasteiger partial charge in [0.2, 0.25) is 5.91 Å². The Balaban J connectivity index is 1.89. The van der Waals surface area contributed by atoms with Crippen molar-refractivity contribution in [2.75, 3.05) is 5.32 Å². The molecule has 2 rings (SSSR count). The van der Waals surface area contributed by atoms with Crippen molar-refractivity contribution < 1.29 is 9.59 Å². The van der Waals surface area contributed by atoms with Crippen molar-refractivity contribution in [2.24, 2.45) is 5.73 Å². The lowest BCUT2D eigenvalue weighted by molar-refractivity contribution is -0.116. The van der Waals surface area contributed by atoms with E-state index in [1.807, 2.05) is 0 Å². The van der Waals surface area contributed by atoms with Gasteiger partial charge in [-0.15, -0.1) is 0 Å². The predicted molar refractivity (Wildman–Crippen MR) is 97.0 cm³/mol. The molecule has 0 heterocycles. The van der Waals surface area contributed by atoms with Crippen LogP contribution in [0.25, 0.3) is 6.08 Å². The summed E-state index contributed by atoms with van der Waals surface area (Å²) in [5.41, 5.74) is 7.17. The summed E-state index contributed by atoms with van der Waals surface area (Å²) >= 11 is 11.9. The normalized spacial score (nSPS) is 10.6. The van der Waals surface area contributed by atoms with E-state index in [0.717, 1.165) is 5.56 Å². The smallest absolute Gasteiger partial charge is 0.316 e. The molecule has 0 saturated heterocycles. The number of halogens is 2. The predicted octanol–water partition coefficient (Wildman–Crippen LogP) is 3.81. The van der Waals surface area contributed by atoms with Crippen molar-refractivity contribution in [3.63, 3.8) is 0 Å². The van der Waals surface area contributed by atoms with Crippen LogP contribution >= 0.6 is 23.2 Å². The van der Waals surface area contributed by atoms with Gasteiger partial charge >= 0.3 is 6.03 Å². The molecule has 24 heavy (non-hydrogen) atoms. The average Bonchev–Trinajstić information content (AvgIpc) is 2.54. The SMILES string of the molecule is NC(=O)Nc1ccc(CNC(=O)/C=C/c2cc(Cl)ccc2Cl)cc1. The molecule has 0 atom stereocenters. The Hall–Kier alpha value is -2.50. The second-order valence-electron chi connectivity index (χ2n) is 4.90. The molecular formula is C17H15Cl2N3O2. The third kappa shape index (κ3) is 5.61. The third-order valence-electron chi connectivity index (χ3n) is 3.06. The number of carbonyl (C=O) groups is 2. The number of rotatable bonds is 5. The van der Waals surface area contributed by atoms with Gasteiger partial charge in [-0.2, -0.15) is 0 Å². The van der Waals surface area contributed by atoms with E-state index in [1.165, 1.54) is 6.08 Å². The molecule has 0 radical (unpaired) electrons. The van der Waals surface area contributed by atoms with Crippen molar-refractivity contribution in [2.45, 2.75) is 6.54 Å². The van der Waals surface area contributed by atoms with Gasteiger partial charge in [-0.3, -0.25) is 4.79 Å². The van der Waals surface area contributed by atoms with Gasteiger partial charge in [-0.1, -0.05) is 35.3 Å². The monoisotopic (exact) mass is 363 g/mol. The number of amides is 3. The quantitative estimate of drug-likeness (QED) is 0.705. The number of nitrogens with two attached hydrogens (primary N) is 1. The Morgan fingerprint density at radius 3 is 2.46 bits per heavy atom. The summed E-state index contributed by atoms with van der Waals surface area (Å²) in [4.78, 5) is 22.6. The Morgan fingerprint density at radius 2 is 1.79 bits per heavy atom. The van der Waals surface area contributed by atoms with E-state index < -0.39 is 6.03 Å². The largest absolute Gasteiger partial charge is 0.351 e. The van der Waals surface area contributed by atoms with Gasteiger partial charge in [-0.05, 0) is 47.5 Å². The molecule has 0 aliphatic carbocycles. The third-order valence-corrected chi connectivity index (χ3v) is 3.64. The van der Waals surface area contributed by atoms with Crippen LogP contribution in [0.2, 0.25) is 10.0 Å². The van der Waals surface area contributed by atoms with Crippen LogP contribution in [0, 0.1) is 0 Å². The van der Waals surface area contributed by atoms with Gasteiger partial charge in [0, 0.05) is 28.4 Å². The minimum absolute atomic E-state index is 0.259. The lowest BCUT2D eigenvalue weighted by Gasteiger charge is -2.05. The molecule has 0 aliphatic heterocycles. The summed E-state index contributed by atoms with van der Waals surface area (Å²) in [6.07, 6.45) is 2.99. The zero-order valence-electron chi connectivity index (χ0n) is 12.6. The molecule has 0 saturated carbocycles. The van der Waals surface area contributed by atoms with Crippen molar-refractivity contribution in [1.82, 2.24) is 5.32 Å². The first-order chi connectivity index (χ1) is 11.4. The van der Waals surface area contributed by atoms with E-state index >= 15 is 0 Å². The summed E-state index contributed by atoms with van der Waals surface area (Å²) in [6.45, 7) is 0.350. The Morgan fingerprint density at radius 1 is 1.08 bits per heavy atom. The second-order valence-corrected chi connectivity index (χ2v) is 5.75. The highest BCUT2D eigenvalue weighted by Crippen LogP contribution is 2.21. The molecule has 3 amide bonds. The number of anilines is 1. The highest BCUT2D eigenvalue weighted by molar-refractivity contribution is 6.34. The van der Waals surface area contributed by atoms with Crippen LogP contribution in [-0.4, -0.2) is 11.9 Å². The molecule has 2 aromatic rings. The molecule has 0 spiro atoms. The number of carbonyl (C=O) groups excluding carboxylic acids is 2. The van der Waals surface area contributed by atoms with Crippen LogP contribution in [0.15, 0.2) is 48.5 Å². The minimum atomic E-state index is -0.624. The fraction of sp³-hybridized carbons (Fsp3) is 0.0588. The van der Waals surface area contributed by atoms with Crippen molar-refractivity contribution >= 4 is 46.9 Å². The van der Waals surface area contributed by atoms with Gasteiger partial charge in [0.15, 0.2) is 0 Å². The number of hydrogen-bond donors (Lipinski definition) is 3. The maximum Gasteiger partial charge on any atom is 0.316 e. The van der Waals surface area contributed by atoms with Crippen LogP contribution < -0.4 is 16.4 Å². The fourth-order valence-electron chi connectivity index (χ4n) is 1.90. The van der Waals surface area contributed by atoms with Crippen molar-refractivity contribution in [1.29, 1.82) is 0 Å². The number of benzene rings is 2. The molecule has 4 N–H and O–H groups in total. The summed E-state index contributed by atoms with van der Waals surface area (Å²) in [7, 11) is 0. The molecule has 7 heteroatoms. The second kappa shape index (κ2) is 8.38. The number of urea groups is 1. The summed E-state index contributed by atoms with van der Waals surface area (Å²) in [6, 6.07) is 11.4. The number of hydrogen-bond acceptors (Lipinski definition) is 2. The lowest BCUT2D eigenvalue weighted by atomic mass is 10.2. The van der Waals surface area contributed by atoms with Gasteiger partial charge in [-0.25, -0.2) is 4.79 Å². The number of primary amides is 1. The molecule has 0 aliphatic rings. The number of nitrogens with one attached hydrogen (secondary N) is 2. The van der Waals surface area contributed by atoms with Crippen LogP contribution in [0.3, 0.4) is 0 Å². The minimum Gasteiger partial charge on any atom is -0.351 e. The first-order valence-electron chi connectivity index (χ1n) is 7.00. The fourth-order valence-corrected chi connectivity index (χ4v) is 2.27. The van der Waals surface area contributed by atoms with Crippen LogP contribution in [-0.2, 0) is 11.3 Å². The maximum absolute atomic E-state index is 11.9. The van der Waals surface area contributed by atoms with Crippen molar-refractivity contribution in [3.8, 4) is 0 Å². The Labute approximate surface area is 149 Å². The summed E-state index contributed by atoms with van der Waals surface area (Å²) in [5.74, 6) is -0.259. The van der Waals surface area contributed by atoms with Gasteiger partial charge < -0.3 is 16.4 Å². The Kier molecular flexibility index (Phi) is 6.23. The molecule has 0 fully saturated rings. The van der Waals surface area contributed by atoms with Crippen molar-refractivity contribution in [3.05, 3.63) is 69.7 Å². The van der Waals surface area contributed by atoms with Crippen LogP contribution in [0.1, 0.15) is 11.1 Å². The highest BCUT2D eigenvalue weighted by Gasteiger charge is 2.01. The summed E-state index contributed by atoms with van der Waals surface area (Å²) in [5, 5.41) is 6.27. The molecule has 124 valence electrons. The topological polar surface area (TPSA) is 84.2 Å². The highest BCUT2D eigenvalue weighted by atomic mass is 35.5. The first-order valence-corrected chi connectivity index (χ1v) is 7.76. The van der Waals surface area contributed by atoms with Crippen LogP contribution in [0.4, 0.5) is 10.5 Å². The maximum atomic E-state index is 11.9. The molecule has 5 nitrogen and oxygen atoms in total. The molecule has 0 bridgehead atoms. The summed E-state index contributed by atoms with van der Waals surface area (Å²) < 4.78 is 0. The zero-order valence-corrected chi connectivity index (χ0v) is 14.1. The van der Waals surface area contributed by atoms with E-state index in [0.29, 0.717) is 27.8 Å². The van der Waals surface area contributed by atoms with Gasteiger partial charge in [0.05, 0.1) is 0 Å². The Bertz CT molecular complexity index is 774. The molecular weight excluding hydrogens is 349 g/mol. The molecule has 0 unspecified atom stereocenters. The zero-order chi connectivity index (χ0) is 17.5. The van der Waals surface area contributed by atoms with E-state index in [9.17, 15) is 9.59 Å². The first kappa shape index (κ1) is 17.8. The van der Waals surface area contributed by atoms with Gasteiger partial charge in [0.1, 0.15) is 0 Å². The average molecular weight is 364 g/mol. The van der Waals surface area contributed by atoms with E-state index in [-0.39, 0.29) is 5.91 Å². The van der Waals surface area contributed by atoms with Crippen LogP contribution in [0.5, 0.6) is 0 Å². The van der Waals surface area contributed by atoms with E-state index in [1.54, 1.807) is 48.5 Å². The lowest BCUT2D eigenvalue weighted by Crippen LogP contribution is -2.20. The van der Waals surface area contributed by atoms with E-state index in [2.05, 4.69) is 10.6 Å². The molecule has 2 aromatic carbocycles. The van der Waals surface area contributed by atoms with E-state index in [4.69, 9.17) is 28.9 Å². The standard InChI is InChI=1S/C17H15Cl2N3O2/c18-13-4-7-15(19)12(9-13)3-8-16(23)21-10-11-1-5-14(6-2-11)22-17(20)24/h1-9H,10H2,(H,21,23)(H3,20,22,24)/b8-3+. The molecule has 0 aromatic heterocycles.